The molecule has 2 aromatic carbocycles. The highest BCUT2D eigenvalue weighted by Crippen LogP contribution is 2.28. The number of phenols is 3. The maximum Gasteiger partial charge on any atom is 0.329 e. The van der Waals surface area contributed by atoms with Crippen molar-refractivity contribution in [2.24, 2.45) is 5.73 Å². The Labute approximate surface area is 190 Å². The molecule has 0 radical (unpaired) electrons. The highest BCUT2D eigenvalue weighted by Gasteiger charge is 2.41. The van der Waals surface area contributed by atoms with E-state index in [1.54, 1.807) is 0 Å². The molecule has 1 aliphatic rings. The van der Waals surface area contributed by atoms with Crippen LogP contribution >= 0.6 is 0 Å². The van der Waals surface area contributed by atoms with Gasteiger partial charge >= 0.3 is 5.97 Å². The number of phenolic OH excluding ortho intramolecular Hbond substituents is 3. The Balaban J connectivity index is 1.75. The lowest BCUT2D eigenvalue weighted by Gasteiger charge is -2.31. The first kappa shape index (κ1) is 23.9. The van der Waals surface area contributed by atoms with E-state index in [0.717, 1.165) is 0 Å². The Morgan fingerprint density at radius 1 is 1.12 bits per heavy atom. The lowest BCUT2D eigenvalue weighted by Crippen LogP contribution is -2.58. The summed E-state index contributed by atoms with van der Waals surface area (Å²) in [7, 11) is 0. The molecule has 10 heteroatoms. The highest BCUT2D eigenvalue weighted by atomic mass is 16.4. The van der Waals surface area contributed by atoms with Gasteiger partial charge in [0.1, 0.15) is 23.4 Å². The molecule has 0 spiro atoms. The van der Waals surface area contributed by atoms with Gasteiger partial charge in [-0.15, -0.1) is 0 Å². The Bertz CT molecular complexity index is 1060. The number of carboxylic acid groups (broad SMARTS) is 1. The van der Waals surface area contributed by atoms with Crippen LogP contribution in [0.1, 0.15) is 36.9 Å². The number of rotatable bonds is 7. The van der Waals surface area contributed by atoms with Gasteiger partial charge in [-0.3, -0.25) is 9.59 Å². The molecule has 3 atom stereocenters. The fraction of sp³-hybridized carbons (Fsp3) is 0.348. The highest BCUT2D eigenvalue weighted by molar-refractivity contribution is 5.93. The van der Waals surface area contributed by atoms with E-state index in [1.165, 1.54) is 54.3 Å². The summed E-state index contributed by atoms with van der Waals surface area (Å²) < 4.78 is 0. The van der Waals surface area contributed by atoms with Gasteiger partial charge in [0.25, 0.3) is 0 Å². The van der Waals surface area contributed by atoms with Crippen LogP contribution in [0.4, 0.5) is 0 Å². The summed E-state index contributed by atoms with van der Waals surface area (Å²) in [5.74, 6) is -3.09. The molecule has 0 saturated carbocycles. The molecular weight excluding hydrogens is 430 g/mol. The number of carbonyl (C=O) groups is 3. The summed E-state index contributed by atoms with van der Waals surface area (Å²) >= 11 is 0. The summed E-state index contributed by atoms with van der Waals surface area (Å²) in [5, 5.41) is 40.9. The standard InChI is InChI=1S/C23H27N3O7/c1-23(22(32)33,12-13-4-9-17(28)18(29)11-13)25-20(30)16-3-2-10-26(16)21(31)19(24)14-5-7-15(27)8-6-14/h4-9,11,16,19,27-29H,2-3,10,12,24H2,1H3,(H,25,30)(H,32,33)/t16-,19+,23-/m0/s1. The van der Waals surface area contributed by atoms with E-state index in [0.29, 0.717) is 30.5 Å². The Morgan fingerprint density at radius 2 is 1.79 bits per heavy atom. The largest absolute Gasteiger partial charge is 0.508 e. The predicted molar refractivity (Wildman–Crippen MR) is 117 cm³/mol. The number of likely N-dealkylation sites (tertiary alicyclic amines) is 1. The molecule has 1 fully saturated rings. The van der Waals surface area contributed by atoms with Crippen LogP contribution < -0.4 is 11.1 Å². The quantitative estimate of drug-likeness (QED) is 0.334. The second kappa shape index (κ2) is 9.37. The molecule has 1 saturated heterocycles. The van der Waals surface area contributed by atoms with E-state index in [9.17, 15) is 34.8 Å². The van der Waals surface area contributed by atoms with Crippen LogP contribution in [0.25, 0.3) is 0 Å². The number of aromatic hydroxyl groups is 3. The summed E-state index contributed by atoms with van der Waals surface area (Å²) in [6.07, 6.45) is 0.757. The lowest BCUT2D eigenvalue weighted by molar-refractivity contribution is -0.148. The Hall–Kier alpha value is -3.79. The predicted octanol–water partition coefficient (Wildman–Crippen LogP) is 0.996. The summed E-state index contributed by atoms with van der Waals surface area (Å²) in [6.45, 7) is 1.64. The zero-order valence-corrected chi connectivity index (χ0v) is 18.1. The van der Waals surface area contributed by atoms with Gasteiger partial charge in [0.15, 0.2) is 11.5 Å². The minimum atomic E-state index is -1.73. The molecule has 10 nitrogen and oxygen atoms in total. The van der Waals surface area contributed by atoms with E-state index >= 15 is 0 Å². The van der Waals surface area contributed by atoms with Crippen molar-refractivity contribution in [2.75, 3.05) is 6.54 Å². The van der Waals surface area contributed by atoms with E-state index in [2.05, 4.69) is 5.32 Å². The van der Waals surface area contributed by atoms with Crippen molar-refractivity contribution >= 4 is 17.8 Å². The van der Waals surface area contributed by atoms with Crippen molar-refractivity contribution in [1.82, 2.24) is 10.2 Å². The third kappa shape index (κ3) is 5.17. The van der Waals surface area contributed by atoms with Crippen molar-refractivity contribution in [3.8, 4) is 17.2 Å². The summed E-state index contributed by atoms with van der Waals surface area (Å²) in [5.41, 5.74) is 5.24. The lowest BCUT2D eigenvalue weighted by atomic mass is 9.92. The summed E-state index contributed by atoms with van der Waals surface area (Å²) in [4.78, 5) is 39.4. The molecule has 0 bridgehead atoms. The summed E-state index contributed by atoms with van der Waals surface area (Å²) in [6, 6.07) is 7.87. The third-order valence-corrected chi connectivity index (χ3v) is 5.83. The number of nitrogens with two attached hydrogens (primary N) is 1. The van der Waals surface area contributed by atoms with Crippen molar-refractivity contribution in [3.05, 3.63) is 53.6 Å². The zero-order valence-electron chi connectivity index (χ0n) is 18.1. The van der Waals surface area contributed by atoms with Crippen LogP contribution in [0.5, 0.6) is 17.2 Å². The van der Waals surface area contributed by atoms with Crippen molar-refractivity contribution in [3.63, 3.8) is 0 Å². The molecule has 1 heterocycles. The van der Waals surface area contributed by atoms with Crippen molar-refractivity contribution in [2.45, 2.75) is 43.8 Å². The SMILES string of the molecule is C[C@@](Cc1ccc(O)c(O)c1)(NC(=O)[C@@H]1CCCN1C(=O)[C@H](N)c1ccc(O)cc1)C(=O)O. The topological polar surface area (TPSA) is 173 Å². The van der Waals surface area contributed by atoms with Crippen molar-refractivity contribution in [1.29, 1.82) is 0 Å². The Morgan fingerprint density at radius 3 is 2.39 bits per heavy atom. The molecule has 2 aromatic rings. The number of amides is 2. The maximum atomic E-state index is 13.1. The van der Waals surface area contributed by atoms with Gasteiger partial charge in [-0.1, -0.05) is 18.2 Å². The monoisotopic (exact) mass is 457 g/mol. The van der Waals surface area contributed by atoms with E-state index in [-0.39, 0.29) is 17.9 Å². The van der Waals surface area contributed by atoms with Crippen LogP contribution in [0.15, 0.2) is 42.5 Å². The fourth-order valence-electron chi connectivity index (χ4n) is 3.92. The van der Waals surface area contributed by atoms with Gasteiger partial charge in [0.05, 0.1) is 0 Å². The van der Waals surface area contributed by atoms with E-state index in [4.69, 9.17) is 5.73 Å². The molecule has 176 valence electrons. The van der Waals surface area contributed by atoms with Crippen molar-refractivity contribution < 1.29 is 34.8 Å². The average molecular weight is 457 g/mol. The van der Waals surface area contributed by atoms with Gasteiger partial charge in [-0.25, -0.2) is 4.79 Å². The molecule has 1 aliphatic heterocycles. The minimum Gasteiger partial charge on any atom is -0.508 e. The maximum absolute atomic E-state index is 13.1. The molecular formula is C23H27N3O7. The van der Waals surface area contributed by atoms with Crippen LogP contribution in [0, 0.1) is 0 Å². The van der Waals surface area contributed by atoms with Gasteiger partial charge in [0, 0.05) is 13.0 Å². The minimum absolute atomic E-state index is 0.0340. The smallest absolute Gasteiger partial charge is 0.329 e. The number of carboxylic acids is 1. The molecule has 0 unspecified atom stereocenters. The Kier molecular flexibility index (Phi) is 6.78. The van der Waals surface area contributed by atoms with Crippen LogP contribution in [0.3, 0.4) is 0 Å². The normalized spacial score (nSPS) is 18.4. The van der Waals surface area contributed by atoms with Gasteiger partial charge in [0.2, 0.25) is 11.8 Å². The first-order valence-electron chi connectivity index (χ1n) is 10.4. The fourth-order valence-corrected chi connectivity index (χ4v) is 3.92. The molecule has 7 N–H and O–H groups in total. The molecule has 0 aliphatic carbocycles. The molecule has 33 heavy (non-hydrogen) atoms. The number of hydrogen-bond donors (Lipinski definition) is 6. The van der Waals surface area contributed by atoms with Gasteiger partial charge in [-0.05, 0) is 55.2 Å². The first-order chi connectivity index (χ1) is 15.5. The number of benzene rings is 2. The average Bonchev–Trinajstić information content (AvgIpc) is 3.26. The molecule has 0 aromatic heterocycles. The van der Waals surface area contributed by atoms with E-state index < -0.39 is 41.2 Å². The molecule has 3 rings (SSSR count). The van der Waals surface area contributed by atoms with Crippen LogP contribution in [-0.2, 0) is 20.8 Å². The van der Waals surface area contributed by atoms with Gasteiger partial charge < -0.3 is 36.4 Å². The first-order valence-corrected chi connectivity index (χ1v) is 10.4. The number of nitrogens with one attached hydrogen (secondary N) is 1. The number of aliphatic carboxylic acids is 1. The van der Waals surface area contributed by atoms with Crippen LogP contribution in [-0.4, -0.2) is 61.2 Å². The number of carbonyl (C=O) groups excluding carboxylic acids is 2. The molecule has 2 amide bonds. The number of nitrogens with zero attached hydrogens (tertiary/aromatic N) is 1. The zero-order chi connectivity index (χ0) is 24.3. The number of hydrogen-bond acceptors (Lipinski definition) is 7. The van der Waals surface area contributed by atoms with Crippen LogP contribution in [0.2, 0.25) is 0 Å². The van der Waals surface area contributed by atoms with E-state index in [1.807, 2.05) is 0 Å². The second-order valence-electron chi connectivity index (χ2n) is 8.39. The van der Waals surface area contributed by atoms with Gasteiger partial charge in [-0.2, -0.15) is 0 Å². The third-order valence-electron chi connectivity index (χ3n) is 5.83. The second-order valence-corrected chi connectivity index (χ2v) is 8.39.